The van der Waals surface area contributed by atoms with Crippen LogP contribution in [0.3, 0.4) is 0 Å². The molecule has 0 fully saturated rings. The maximum atomic E-state index is 12.9. The van der Waals surface area contributed by atoms with Crippen molar-refractivity contribution in [2.75, 3.05) is 13.2 Å². The fourth-order valence-corrected chi connectivity index (χ4v) is 1.47. The van der Waals surface area contributed by atoms with E-state index in [4.69, 9.17) is 21.8 Å². The van der Waals surface area contributed by atoms with Crippen LogP contribution < -0.4 is 5.32 Å². The number of aliphatic hydroxyl groups is 2. The normalized spacial score (nSPS) is 14.8. The fraction of sp³-hybridized carbons (Fsp3) is 0.455. The summed E-state index contributed by atoms with van der Waals surface area (Å²) in [7, 11) is 0. The summed E-state index contributed by atoms with van der Waals surface area (Å²) in [6.07, 6.45) is -0.793. The molecule has 0 bridgehead atoms. The molecule has 0 heterocycles. The van der Waals surface area contributed by atoms with E-state index in [9.17, 15) is 4.39 Å². The van der Waals surface area contributed by atoms with E-state index in [-0.39, 0.29) is 24.2 Å². The van der Waals surface area contributed by atoms with Crippen molar-refractivity contribution in [2.45, 2.75) is 19.1 Å². The number of benzene rings is 1. The summed E-state index contributed by atoms with van der Waals surface area (Å²) >= 11 is 5.66. The molecule has 2 unspecified atom stereocenters. The van der Waals surface area contributed by atoms with Crippen molar-refractivity contribution in [3.63, 3.8) is 0 Å². The second kappa shape index (κ2) is 6.15. The molecule has 0 saturated carbocycles. The molecule has 90 valence electrons. The molecule has 0 spiro atoms. The van der Waals surface area contributed by atoms with Gasteiger partial charge >= 0.3 is 0 Å². The fourth-order valence-electron chi connectivity index (χ4n) is 1.28. The van der Waals surface area contributed by atoms with E-state index in [0.29, 0.717) is 0 Å². The minimum absolute atomic E-state index is 0.0701. The molecule has 1 aromatic rings. The third-order valence-corrected chi connectivity index (χ3v) is 2.60. The smallest absolute Gasteiger partial charge is 0.141 e. The van der Waals surface area contributed by atoms with Crippen molar-refractivity contribution in [1.29, 1.82) is 0 Å². The Kier molecular flexibility index (Phi) is 5.15. The number of hydrogen-bond acceptors (Lipinski definition) is 3. The molecule has 1 aromatic carbocycles. The third-order valence-electron chi connectivity index (χ3n) is 2.31. The minimum atomic E-state index is -0.793. The number of hydrogen-bond donors (Lipinski definition) is 3. The van der Waals surface area contributed by atoms with Gasteiger partial charge in [0.1, 0.15) is 5.82 Å². The van der Waals surface area contributed by atoms with Gasteiger partial charge < -0.3 is 15.5 Å². The number of halogens is 2. The number of nitrogens with one attached hydrogen (secondary N) is 1. The summed E-state index contributed by atoms with van der Waals surface area (Å²) in [6, 6.07) is 4.40. The standard InChI is InChI=1S/C11H15ClFNO2/c1-7(14-5-9(16)6-15)8-2-3-11(13)10(12)4-8/h2-4,7,9,14-16H,5-6H2,1H3. The molecular formula is C11H15ClFNO2. The van der Waals surface area contributed by atoms with Gasteiger partial charge in [-0.3, -0.25) is 0 Å². The second-order valence-electron chi connectivity index (χ2n) is 3.64. The van der Waals surface area contributed by atoms with Crippen LogP contribution in [0.4, 0.5) is 4.39 Å². The van der Waals surface area contributed by atoms with Crippen LogP contribution in [0.15, 0.2) is 18.2 Å². The van der Waals surface area contributed by atoms with E-state index < -0.39 is 11.9 Å². The molecule has 5 heteroatoms. The Balaban J connectivity index is 2.59. The van der Waals surface area contributed by atoms with Gasteiger partial charge in [-0.2, -0.15) is 0 Å². The molecule has 3 N–H and O–H groups in total. The van der Waals surface area contributed by atoms with Crippen molar-refractivity contribution in [1.82, 2.24) is 5.32 Å². The van der Waals surface area contributed by atoms with Gasteiger partial charge in [-0.25, -0.2) is 4.39 Å². The Morgan fingerprint density at radius 3 is 2.75 bits per heavy atom. The zero-order valence-corrected chi connectivity index (χ0v) is 9.71. The zero-order valence-electron chi connectivity index (χ0n) is 8.95. The third kappa shape index (κ3) is 3.72. The summed E-state index contributed by atoms with van der Waals surface area (Å²) in [5, 5.41) is 20.9. The Bertz CT molecular complexity index is 349. The molecule has 3 nitrogen and oxygen atoms in total. The van der Waals surface area contributed by atoms with Crippen LogP contribution in [0.25, 0.3) is 0 Å². The maximum absolute atomic E-state index is 12.9. The van der Waals surface area contributed by atoms with Crippen LogP contribution in [0.2, 0.25) is 5.02 Å². The Labute approximate surface area is 98.9 Å². The van der Waals surface area contributed by atoms with Gasteiger partial charge in [0.25, 0.3) is 0 Å². The monoisotopic (exact) mass is 247 g/mol. The highest BCUT2D eigenvalue weighted by atomic mass is 35.5. The van der Waals surface area contributed by atoms with E-state index in [1.807, 2.05) is 6.92 Å². The molecule has 0 amide bonds. The Morgan fingerprint density at radius 1 is 1.50 bits per heavy atom. The van der Waals surface area contributed by atoms with Gasteiger partial charge in [0.15, 0.2) is 0 Å². The first-order valence-electron chi connectivity index (χ1n) is 5.02. The Morgan fingerprint density at radius 2 is 2.19 bits per heavy atom. The largest absolute Gasteiger partial charge is 0.394 e. The number of aliphatic hydroxyl groups excluding tert-OH is 2. The lowest BCUT2D eigenvalue weighted by Crippen LogP contribution is -2.31. The van der Waals surface area contributed by atoms with Gasteiger partial charge in [0, 0.05) is 12.6 Å². The predicted octanol–water partition coefficient (Wildman–Crippen LogP) is 1.48. The summed E-state index contributed by atoms with van der Waals surface area (Å²) in [5.74, 6) is -0.451. The highest BCUT2D eigenvalue weighted by Crippen LogP contribution is 2.20. The predicted molar refractivity (Wildman–Crippen MR) is 60.9 cm³/mol. The maximum Gasteiger partial charge on any atom is 0.141 e. The average molecular weight is 248 g/mol. The first kappa shape index (κ1) is 13.4. The second-order valence-corrected chi connectivity index (χ2v) is 4.05. The van der Waals surface area contributed by atoms with Crippen LogP contribution in [0.5, 0.6) is 0 Å². The van der Waals surface area contributed by atoms with Crippen molar-refractivity contribution < 1.29 is 14.6 Å². The highest BCUT2D eigenvalue weighted by molar-refractivity contribution is 6.30. The average Bonchev–Trinajstić information content (AvgIpc) is 2.29. The molecule has 0 aliphatic rings. The van der Waals surface area contributed by atoms with Gasteiger partial charge in [-0.1, -0.05) is 17.7 Å². The minimum Gasteiger partial charge on any atom is -0.394 e. The lowest BCUT2D eigenvalue weighted by atomic mass is 10.1. The quantitative estimate of drug-likeness (QED) is 0.739. The molecule has 0 radical (unpaired) electrons. The molecule has 2 atom stereocenters. The molecule has 1 rings (SSSR count). The topological polar surface area (TPSA) is 52.5 Å². The molecular weight excluding hydrogens is 233 g/mol. The molecule has 16 heavy (non-hydrogen) atoms. The van der Waals surface area contributed by atoms with E-state index in [0.717, 1.165) is 5.56 Å². The Hall–Kier alpha value is -0.680. The highest BCUT2D eigenvalue weighted by Gasteiger charge is 2.09. The van der Waals surface area contributed by atoms with Crippen LogP contribution in [0, 0.1) is 5.82 Å². The lowest BCUT2D eigenvalue weighted by molar-refractivity contribution is 0.0924. The van der Waals surface area contributed by atoms with Crippen molar-refractivity contribution in [3.05, 3.63) is 34.6 Å². The van der Waals surface area contributed by atoms with Crippen LogP contribution in [0.1, 0.15) is 18.5 Å². The summed E-state index contributed by atoms with van der Waals surface area (Å²) in [4.78, 5) is 0. The van der Waals surface area contributed by atoms with Gasteiger partial charge in [-0.15, -0.1) is 0 Å². The van der Waals surface area contributed by atoms with E-state index in [1.54, 1.807) is 12.1 Å². The van der Waals surface area contributed by atoms with Crippen LogP contribution in [-0.4, -0.2) is 29.5 Å². The molecule has 0 aliphatic heterocycles. The zero-order chi connectivity index (χ0) is 12.1. The lowest BCUT2D eigenvalue weighted by Gasteiger charge is -2.16. The van der Waals surface area contributed by atoms with E-state index in [2.05, 4.69) is 5.32 Å². The van der Waals surface area contributed by atoms with Crippen LogP contribution >= 0.6 is 11.6 Å². The first-order valence-corrected chi connectivity index (χ1v) is 5.39. The van der Waals surface area contributed by atoms with Crippen molar-refractivity contribution in [2.24, 2.45) is 0 Å². The molecule has 0 saturated heterocycles. The first-order chi connectivity index (χ1) is 7.54. The van der Waals surface area contributed by atoms with Crippen molar-refractivity contribution in [3.8, 4) is 0 Å². The van der Waals surface area contributed by atoms with Gasteiger partial charge in [0.05, 0.1) is 17.7 Å². The van der Waals surface area contributed by atoms with E-state index in [1.165, 1.54) is 6.07 Å². The number of rotatable bonds is 5. The van der Waals surface area contributed by atoms with Crippen molar-refractivity contribution >= 4 is 11.6 Å². The molecule has 0 aliphatic carbocycles. The van der Waals surface area contributed by atoms with Gasteiger partial charge in [0.2, 0.25) is 0 Å². The van der Waals surface area contributed by atoms with E-state index >= 15 is 0 Å². The summed E-state index contributed by atoms with van der Waals surface area (Å²) < 4.78 is 12.9. The van der Waals surface area contributed by atoms with Crippen LogP contribution in [-0.2, 0) is 0 Å². The summed E-state index contributed by atoms with van der Waals surface area (Å²) in [6.45, 7) is 1.85. The molecule has 0 aromatic heterocycles. The summed E-state index contributed by atoms with van der Waals surface area (Å²) in [5.41, 5.74) is 0.830. The SMILES string of the molecule is CC(NCC(O)CO)c1ccc(F)c(Cl)c1. The van der Waals surface area contributed by atoms with Gasteiger partial charge in [-0.05, 0) is 24.6 Å².